The molecule has 0 unspecified atom stereocenters. The summed E-state index contributed by atoms with van der Waals surface area (Å²) < 4.78 is 5.67. The third-order valence-electron chi connectivity index (χ3n) is 3.52. The van der Waals surface area contributed by atoms with E-state index < -0.39 is 0 Å². The zero-order chi connectivity index (χ0) is 14.3. The molecule has 102 valence electrons. The largest absolute Gasteiger partial charge is 0.508 e. The van der Waals surface area contributed by atoms with Crippen molar-refractivity contribution in [1.29, 1.82) is 0 Å². The molecule has 0 saturated heterocycles. The number of aromatic hydroxyl groups is 3. The smallest absolute Gasteiger partial charge is 0.158 e. The monoisotopic (exact) mass is 270 g/mol. The minimum Gasteiger partial charge on any atom is -0.508 e. The van der Waals surface area contributed by atoms with Gasteiger partial charge in [0.2, 0.25) is 0 Å². The summed E-state index contributed by atoms with van der Waals surface area (Å²) in [5.74, 6) is 0.597. The van der Waals surface area contributed by atoms with Gasteiger partial charge in [-0.05, 0) is 48.4 Å². The van der Waals surface area contributed by atoms with Crippen LogP contribution in [0.25, 0.3) is 11.1 Å². The molecule has 3 rings (SSSR count). The molecule has 0 aromatic heterocycles. The van der Waals surface area contributed by atoms with Gasteiger partial charge in [-0.1, -0.05) is 6.07 Å². The molecule has 1 aliphatic rings. The second-order valence-electron chi connectivity index (χ2n) is 4.78. The molecule has 1 heterocycles. The van der Waals surface area contributed by atoms with Gasteiger partial charge in [-0.2, -0.15) is 0 Å². The molecule has 0 aliphatic carbocycles. The maximum atomic E-state index is 9.60. The van der Waals surface area contributed by atoms with Crippen LogP contribution >= 0.6 is 0 Å². The SMILES string of the molecule is CC1=C(c2ccc(O)c(O)c2)COc2ccc(O)cc21. The summed E-state index contributed by atoms with van der Waals surface area (Å²) in [4.78, 5) is 0. The van der Waals surface area contributed by atoms with Crippen LogP contribution < -0.4 is 4.74 Å². The van der Waals surface area contributed by atoms with Gasteiger partial charge in [0.15, 0.2) is 11.5 Å². The van der Waals surface area contributed by atoms with Crippen LogP contribution in [0.2, 0.25) is 0 Å². The molecule has 0 atom stereocenters. The van der Waals surface area contributed by atoms with E-state index >= 15 is 0 Å². The predicted octanol–water partition coefficient (Wildman–Crippen LogP) is 3.13. The van der Waals surface area contributed by atoms with Crippen LogP contribution in [0.4, 0.5) is 0 Å². The van der Waals surface area contributed by atoms with Crippen molar-refractivity contribution < 1.29 is 20.1 Å². The van der Waals surface area contributed by atoms with Gasteiger partial charge in [0.1, 0.15) is 18.1 Å². The van der Waals surface area contributed by atoms with Gasteiger partial charge >= 0.3 is 0 Å². The summed E-state index contributed by atoms with van der Waals surface area (Å²) in [5.41, 5.74) is 3.51. The van der Waals surface area contributed by atoms with Crippen LogP contribution in [0.1, 0.15) is 18.1 Å². The first-order valence-corrected chi connectivity index (χ1v) is 6.24. The lowest BCUT2D eigenvalue weighted by Gasteiger charge is -2.22. The predicted molar refractivity (Wildman–Crippen MR) is 75.9 cm³/mol. The van der Waals surface area contributed by atoms with E-state index in [0.29, 0.717) is 6.61 Å². The first kappa shape index (κ1) is 12.4. The van der Waals surface area contributed by atoms with Crippen molar-refractivity contribution >= 4 is 11.1 Å². The Kier molecular flexibility index (Phi) is 2.79. The molecule has 2 aromatic carbocycles. The maximum absolute atomic E-state index is 9.60. The lowest BCUT2D eigenvalue weighted by Crippen LogP contribution is -2.09. The summed E-state index contributed by atoms with van der Waals surface area (Å²) in [6.45, 7) is 2.33. The first-order chi connectivity index (χ1) is 9.56. The highest BCUT2D eigenvalue weighted by molar-refractivity contribution is 5.94. The van der Waals surface area contributed by atoms with Crippen molar-refractivity contribution in [2.45, 2.75) is 6.92 Å². The number of hydrogen-bond donors (Lipinski definition) is 3. The van der Waals surface area contributed by atoms with Crippen molar-refractivity contribution in [1.82, 2.24) is 0 Å². The molecular weight excluding hydrogens is 256 g/mol. The highest BCUT2D eigenvalue weighted by Crippen LogP contribution is 2.39. The van der Waals surface area contributed by atoms with Crippen LogP contribution in [0.5, 0.6) is 23.0 Å². The van der Waals surface area contributed by atoms with Crippen molar-refractivity contribution in [3.63, 3.8) is 0 Å². The summed E-state index contributed by atoms with van der Waals surface area (Å²) in [6.07, 6.45) is 0. The Hall–Kier alpha value is -2.62. The molecule has 0 bridgehead atoms. The van der Waals surface area contributed by atoms with Crippen molar-refractivity contribution in [2.24, 2.45) is 0 Å². The highest BCUT2D eigenvalue weighted by atomic mass is 16.5. The van der Waals surface area contributed by atoms with E-state index in [0.717, 1.165) is 28.0 Å². The van der Waals surface area contributed by atoms with Crippen molar-refractivity contribution in [3.8, 4) is 23.0 Å². The summed E-state index contributed by atoms with van der Waals surface area (Å²) in [6, 6.07) is 9.66. The molecule has 4 heteroatoms. The third-order valence-corrected chi connectivity index (χ3v) is 3.52. The number of fused-ring (bicyclic) bond motifs is 1. The number of ether oxygens (including phenoxy) is 1. The van der Waals surface area contributed by atoms with Crippen molar-refractivity contribution in [2.75, 3.05) is 6.61 Å². The van der Waals surface area contributed by atoms with Crippen LogP contribution in [0.15, 0.2) is 36.4 Å². The van der Waals surface area contributed by atoms with Gasteiger partial charge in [0, 0.05) is 11.1 Å². The van der Waals surface area contributed by atoms with Gasteiger partial charge < -0.3 is 20.1 Å². The Morgan fingerprint density at radius 2 is 1.75 bits per heavy atom. The molecule has 0 amide bonds. The normalized spacial score (nSPS) is 13.8. The van der Waals surface area contributed by atoms with Crippen LogP contribution in [0.3, 0.4) is 0 Å². The molecule has 20 heavy (non-hydrogen) atoms. The Morgan fingerprint density at radius 3 is 2.50 bits per heavy atom. The first-order valence-electron chi connectivity index (χ1n) is 6.24. The molecule has 1 aliphatic heterocycles. The minimum absolute atomic E-state index is 0.151. The lowest BCUT2D eigenvalue weighted by molar-refractivity contribution is 0.363. The van der Waals surface area contributed by atoms with Gasteiger partial charge in [0.05, 0.1) is 0 Å². The topological polar surface area (TPSA) is 69.9 Å². The summed E-state index contributed by atoms with van der Waals surface area (Å²) in [5, 5.41) is 28.6. The summed E-state index contributed by atoms with van der Waals surface area (Å²) >= 11 is 0. The zero-order valence-corrected chi connectivity index (χ0v) is 10.9. The molecule has 4 nitrogen and oxygen atoms in total. The van der Waals surface area contributed by atoms with Crippen LogP contribution in [0, 0.1) is 0 Å². The average Bonchev–Trinajstić information content (AvgIpc) is 2.43. The number of hydrogen-bond acceptors (Lipinski definition) is 4. The molecule has 0 radical (unpaired) electrons. The summed E-state index contributed by atoms with van der Waals surface area (Å²) in [7, 11) is 0. The fraction of sp³-hybridized carbons (Fsp3) is 0.125. The van der Waals surface area contributed by atoms with E-state index in [4.69, 9.17) is 4.74 Å². The number of phenolic OH excluding ortho intramolecular Hbond substituents is 3. The number of allylic oxidation sites excluding steroid dienone is 1. The fourth-order valence-corrected chi connectivity index (χ4v) is 2.37. The van der Waals surface area contributed by atoms with E-state index in [-0.39, 0.29) is 17.2 Å². The van der Waals surface area contributed by atoms with Gasteiger partial charge in [-0.15, -0.1) is 0 Å². The zero-order valence-electron chi connectivity index (χ0n) is 10.9. The molecule has 2 aromatic rings. The number of rotatable bonds is 1. The number of phenols is 3. The van der Waals surface area contributed by atoms with Crippen molar-refractivity contribution in [3.05, 3.63) is 47.5 Å². The molecule has 0 saturated carbocycles. The fourth-order valence-electron chi connectivity index (χ4n) is 2.37. The van der Waals surface area contributed by atoms with E-state index in [1.54, 1.807) is 24.3 Å². The lowest BCUT2D eigenvalue weighted by atomic mass is 9.93. The van der Waals surface area contributed by atoms with E-state index in [2.05, 4.69) is 0 Å². The molecule has 0 spiro atoms. The molecular formula is C16H14O4. The van der Waals surface area contributed by atoms with E-state index in [1.165, 1.54) is 12.1 Å². The Labute approximate surface area is 116 Å². The second kappa shape index (κ2) is 4.49. The standard InChI is InChI=1S/C16H14O4/c1-9-12-7-11(17)3-5-16(12)20-8-13(9)10-2-4-14(18)15(19)6-10/h2-7,17-19H,8H2,1H3. The number of benzene rings is 2. The average molecular weight is 270 g/mol. The van der Waals surface area contributed by atoms with E-state index in [1.807, 2.05) is 6.92 Å². The van der Waals surface area contributed by atoms with Gasteiger partial charge in [-0.3, -0.25) is 0 Å². The maximum Gasteiger partial charge on any atom is 0.158 e. The quantitative estimate of drug-likeness (QED) is 0.696. The molecule has 0 fully saturated rings. The van der Waals surface area contributed by atoms with E-state index in [9.17, 15) is 15.3 Å². The second-order valence-corrected chi connectivity index (χ2v) is 4.78. The van der Waals surface area contributed by atoms with Gasteiger partial charge in [0.25, 0.3) is 0 Å². The van der Waals surface area contributed by atoms with Crippen LogP contribution in [-0.4, -0.2) is 21.9 Å². The third kappa shape index (κ3) is 1.95. The van der Waals surface area contributed by atoms with Gasteiger partial charge in [-0.25, -0.2) is 0 Å². The Morgan fingerprint density at radius 1 is 0.950 bits per heavy atom. The van der Waals surface area contributed by atoms with Crippen LogP contribution in [-0.2, 0) is 0 Å². The minimum atomic E-state index is -0.162. The Balaban J connectivity index is 2.14. The highest BCUT2D eigenvalue weighted by Gasteiger charge is 2.19. The Bertz CT molecular complexity index is 716. The molecule has 3 N–H and O–H groups in total.